The van der Waals surface area contributed by atoms with E-state index in [-0.39, 0.29) is 11.9 Å². The molecular formula is C14H19N3O2. The predicted molar refractivity (Wildman–Crippen MR) is 75.0 cm³/mol. The van der Waals surface area contributed by atoms with Crippen LogP contribution in [0.25, 0.3) is 0 Å². The summed E-state index contributed by atoms with van der Waals surface area (Å²) in [4.78, 5) is 16.5. The lowest BCUT2D eigenvalue weighted by Crippen LogP contribution is -2.61. The number of nitrogens with one attached hydrogen (secondary N) is 1. The van der Waals surface area contributed by atoms with Crippen molar-refractivity contribution in [1.29, 1.82) is 0 Å². The summed E-state index contributed by atoms with van der Waals surface area (Å²) in [5.74, 6) is 0.897. The number of rotatable bonds is 2. The molecule has 0 saturated carbocycles. The second-order valence-corrected chi connectivity index (χ2v) is 4.92. The highest BCUT2D eigenvalue weighted by Crippen LogP contribution is 2.42. The zero-order valence-corrected chi connectivity index (χ0v) is 11.3. The van der Waals surface area contributed by atoms with Crippen LogP contribution < -0.4 is 19.9 Å². The topological polar surface area (TPSA) is 44.8 Å². The second kappa shape index (κ2) is 4.74. The Morgan fingerprint density at radius 1 is 1.47 bits per heavy atom. The van der Waals surface area contributed by atoms with Crippen LogP contribution in [0.4, 0.5) is 11.4 Å². The Kier molecular flexibility index (Phi) is 3.06. The fourth-order valence-electron chi connectivity index (χ4n) is 3.00. The number of likely N-dealkylation sites (N-methyl/N-ethyl adjacent to an activating group) is 1. The number of piperazine rings is 1. The van der Waals surface area contributed by atoms with Gasteiger partial charge in [0.15, 0.2) is 0 Å². The van der Waals surface area contributed by atoms with Crippen molar-refractivity contribution < 1.29 is 9.53 Å². The monoisotopic (exact) mass is 261 g/mol. The second-order valence-electron chi connectivity index (χ2n) is 4.92. The van der Waals surface area contributed by atoms with Crippen molar-refractivity contribution >= 4 is 17.3 Å². The molecule has 2 aliphatic heterocycles. The number of amides is 1. The SMILES string of the molecule is CCN1CC2CNCC(=O)N2c2c(OC)cccc21. The molecule has 0 aliphatic carbocycles. The van der Waals surface area contributed by atoms with Crippen LogP contribution in [0.2, 0.25) is 0 Å². The number of benzene rings is 1. The maximum atomic E-state index is 12.2. The van der Waals surface area contributed by atoms with Gasteiger partial charge in [-0.25, -0.2) is 0 Å². The fraction of sp³-hybridized carbons (Fsp3) is 0.500. The number of anilines is 2. The van der Waals surface area contributed by atoms with Crippen molar-refractivity contribution in [3.8, 4) is 5.75 Å². The maximum Gasteiger partial charge on any atom is 0.241 e. The van der Waals surface area contributed by atoms with Gasteiger partial charge >= 0.3 is 0 Å². The van der Waals surface area contributed by atoms with Gasteiger partial charge < -0.3 is 15.0 Å². The fourth-order valence-corrected chi connectivity index (χ4v) is 3.00. The molecular weight excluding hydrogens is 242 g/mol. The van der Waals surface area contributed by atoms with E-state index in [1.807, 2.05) is 17.0 Å². The molecule has 1 saturated heterocycles. The summed E-state index contributed by atoms with van der Waals surface area (Å²) in [6, 6.07) is 6.15. The van der Waals surface area contributed by atoms with Gasteiger partial charge in [0.05, 0.1) is 25.4 Å². The van der Waals surface area contributed by atoms with Gasteiger partial charge in [0.2, 0.25) is 5.91 Å². The largest absolute Gasteiger partial charge is 0.494 e. The average Bonchev–Trinajstić information content (AvgIpc) is 2.45. The predicted octanol–water partition coefficient (Wildman–Crippen LogP) is 0.840. The summed E-state index contributed by atoms with van der Waals surface area (Å²) < 4.78 is 5.46. The quantitative estimate of drug-likeness (QED) is 0.857. The van der Waals surface area contributed by atoms with E-state index in [9.17, 15) is 4.79 Å². The van der Waals surface area contributed by atoms with E-state index in [0.29, 0.717) is 6.54 Å². The van der Waals surface area contributed by atoms with Gasteiger partial charge in [-0.05, 0) is 19.1 Å². The summed E-state index contributed by atoms with van der Waals surface area (Å²) in [5.41, 5.74) is 2.02. The molecule has 1 aromatic rings. The first kappa shape index (κ1) is 12.3. The molecule has 1 amide bonds. The minimum absolute atomic E-state index is 0.123. The zero-order valence-electron chi connectivity index (χ0n) is 11.3. The highest BCUT2D eigenvalue weighted by atomic mass is 16.5. The van der Waals surface area contributed by atoms with Crippen LogP contribution in [0.15, 0.2) is 18.2 Å². The van der Waals surface area contributed by atoms with Crippen LogP contribution in [0.5, 0.6) is 5.75 Å². The molecule has 3 rings (SSSR count). The first-order chi connectivity index (χ1) is 9.26. The van der Waals surface area contributed by atoms with Gasteiger partial charge in [-0.2, -0.15) is 0 Å². The summed E-state index contributed by atoms with van der Waals surface area (Å²) in [6.07, 6.45) is 0. The number of fused-ring (bicyclic) bond motifs is 3. The molecule has 1 unspecified atom stereocenters. The Labute approximate surface area is 113 Å². The van der Waals surface area contributed by atoms with Crippen LogP contribution in [0.3, 0.4) is 0 Å². The third kappa shape index (κ3) is 1.85. The summed E-state index contributed by atoms with van der Waals surface area (Å²) >= 11 is 0. The van der Waals surface area contributed by atoms with Crippen molar-refractivity contribution in [3.63, 3.8) is 0 Å². The molecule has 1 aromatic carbocycles. The third-order valence-electron chi connectivity index (χ3n) is 3.88. The molecule has 0 aromatic heterocycles. The Morgan fingerprint density at radius 2 is 2.32 bits per heavy atom. The molecule has 2 aliphatic rings. The highest BCUT2D eigenvalue weighted by Gasteiger charge is 2.38. The van der Waals surface area contributed by atoms with Gasteiger partial charge in [-0.15, -0.1) is 0 Å². The van der Waals surface area contributed by atoms with Crippen LogP contribution in [-0.4, -0.2) is 45.2 Å². The van der Waals surface area contributed by atoms with Crippen molar-refractivity contribution in [2.75, 3.05) is 43.1 Å². The molecule has 1 fully saturated rings. The molecule has 19 heavy (non-hydrogen) atoms. The smallest absolute Gasteiger partial charge is 0.241 e. The standard InChI is InChI=1S/C14H19N3O2/c1-3-16-9-10-7-15-8-13(18)17(10)14-11(16)5-4-6-12(14)19-2/h4-6,10,15H,3,7-9H2,1-2H3. The molecule has 0 spiro atoms. The molecule has 5 heteroatoms. The number of carbonyl (C=O) groups excluding carboxylic acids is 1. The van der Waals surface area contributed by atoms with Gasteiger partial charge in [0, 0.05) is 19.6 Å². The van der Waals surface area contributed by atoms with E-state index >= 15 is 0 Å². The number of nitrogens with zero attached hydrogens (tertiary/aromatic N) is 2. The Balaban J connectivity index is 2.15. The molecule has 0 radical (unpaired) electrons. The summed E-state index contributed by atoms with van der Waals surface area (Å²) in [6.45, 7) is 5.17. The van der Waals surface area contributed by atoms with Crippen LogP contribution in [0, 0.1) is 0 Å². The molecule has 5 nitrogen and oxygen atoms in total. The number of hydrogen-bond acceptors (Lipinski definition) is 4. The van der Waals surface area contributed by atoms with E-state index < -0.39 is 0 Å². The first-order valence-corrected chi connectivity index (χ1v) is 6.71. The minimum Gasteiger partial charge on any atom is -0.494 e. The highest BCUT2D eigenvalue weighted by molar-refractivity contribution is 6.02. The summed E-state index contributed by atoms with van der Waals surface area (Å²) in [7, 11) is 1.65. The van der Waals surface area contributed by atoms with Gasteiger partial charge in [-0.1, -0.05) is 6.07 Å². The average molecular weight is 261 g/mol. The van der Waals surface area contributed by atoms with E-state index in [0.717, 1.165) is 36.8 Å². The minimum atomic E-state index is 0.123. The number of hydrogen-bond donors (Lipinski definition) is 1. The maximum absolute atomic E-state index is 12.2. The van der Waals surface area contributed by atoms with Crippen LogP contribution in [-0.2, 0) is 4.79 Å². The molecule has 1 N–H and O–H groups in total. The number of para-hydroxylation sites is 1. The Bertz CT molecular complexity index is 503. The van der Waals surface area contributed by atoms with Crippen LogP contribution >= 0.6 is 0 Å². The third-order valence-corrected chi connectivity index (χ3v) is 3.88. The van der Waals surface area contributed by atoms with E-state index in [2.05, 4.69) is 23.2 Å². The number of methoxy groups -OCH3 is 1. The van der Waals surface area contributed by atoms with Crippen molar-refractivity contribution in [1.82, 2.24) is 5.32 Å². The van der Waals surface area contributed by atoms with Gasteiger partial charge in [-0.3, -0.25) is 9.69 Å². The Hall–Kier alpha value is -1.75. The van der Waals surface area contributed by atoms with Gasteiger partial charge in [0.1, 0.15) is 11.4 Å². The van der Waals surface area contributed by atoms with Crippen molar-refractivity contribution in [2.24, 2.45) is 0 Å². The molecule has 0 bridgehead atoms. The molecule has 1 atom stereocenters. The first-order valence-electron chi connectivity index (χ1n) is 6.71. The number of carbonyl (C=O) groups is 1. The normalized spacial score (nSPS) is 22.0. The van der Waals surface area contributed by atoms with Crippen molar-refractivity contribution in [2.45, 2.75) is 13.0 Å². The lowest BCUT2D eigenvalue weighted by molar-refractivity contribution is -0.119. The number of ether oxygens (including phenoxy) is 1. The van der Waals surface area contributed by atoms with E-state index in [4.69, 9.17) is 4.74 Å². The van der Waals surface area contributed by atoms with Gasteiger partial charge in [0.25, 0.3) is 0 Å². The lowest BCUT2D eigenvalue weighted by atomic mass is 10.0. The molecule has 2 heterocycles. The zero-order chi connectivity index (χ0) is 13.4. The Morgan fingerprint density at radius 3 is 3.05 bits per heavy atom. The lowest BCUT2D eigenvalue weighted by Gasteiger charge is -2.45. The summed E-state index contributed by atoms with van der Waals surface area (Å²) in [5, 5.41) is 3.19. The van der Waals surface area contributed by atoms with Crippen molar-refractivity contribution in [3.05, 3.63) is 18.2 Å². The van der Waals surface area contributed by atoms with E-state index in [1.165, 1.54) is 0 Å². The van der Waals surface area contributed by atoms with E-state index in [1.54, 1.807) is 7.11 Å². The molecule has 102 valence electrons. The van der Waals surface area contributed by atoms with Crippen LogP contribution in [0.1, 0.15) is 6.92 Å².